The van der Waals surface area contributed by atoms with E-state index in [0.717, 1.165) is 16.9 Å². The molecule has 0 bridgehead atoms. The number of carbonyl (C=O) groups is 1. The van der Waals surface area contributed by atoms with Crippen molar-refractivity contribution >= 4 is 35.2 Å². The molecule has 2 rings (SSSR count). The van der Waals surface area contributed by atoms with Crippen LogP contribution in [0.5, 0.6) is 11.5 Å². The topological polar surface area (TPSA) is 35.5 Å². The second kappa shape index (κ2) is 8.04. The number of benzene rings is 2. The fraction of sp³-hybridized carbons (Fsp3) is 0.235. The van der Waals surface area contributed by atoms with Crippen LogP contribution < -0.4 is 10.2 Å². The summed E-state index contributed by atoms with van der Waals surface area (Å²) in [6.45, 7) is 2.18. The number of carbonyl (C=O) groups excluding carboxylic acids is 1. The molecule has 0 spiro atoms. The van der Waals surface area contributed by atoms with Crippen LogP contribution >= 0.6 is 15.9 Å². The van der Waals surface area contributed by atoms with Crippen molar-refractivity contribution in [2.45, 2.75) is 18.7 Å². The van der Waals surface area contributed by atoms with E-state index in [9.17, 15) is 4.79 Å². The average molecular weight is 359 g/mol. The highest BCUT2D eigenvalue weighted by Crippen LogP contribution is 2.26. The Morgan fingerprint density at radius 3 is 2.77 bits per heavy atom. The van der Waals surface area contributed by atoms with Gasteiger partial charge in [-0.05, 0) is 30.7 Å². The van der Waals surface area contributed by atoms with Crippen molar-refractivity contribution in [3.8, 4) is 11.5 Å². The highest BCUT2D eigenvalue weighted by atomic mass is 79.9. The zero-order valence-corrected chi connectivity index (χ0v) is 13.9. The number of hydrogen-bond donors (Lipinski definition) is 0. The molecule has 0 fully saturated rings. The molecule has 2 aromatic rings. The third kappa shape index (κ3) is 4.63. The molecule has 2 aromatic carbocycles. The third-order valence-electron chi connectivity index (χ3n) is 3.01. The molecule has 2 radical (unpaired) electrons. The van der Waals surface area contributed by atoms with Gasteiger partial charge in [-0.2, -0.15) is 0 Å². The first kappa shape index (κ1) is 16.6. The molecule has 3 nitrogen and oxygen atoms in total. The number of hydrogen-bond acceptors (Lipinski definition) is 3. The minimum Gasteiger partial charge on any atom is -0.466 e. The van der Waals surface area contributed by atoms with Gasteiger partial charge in [-0.15, -0.1) is 0 Å². The summed E-state index contributed by atoms with van der Waals surface area (Å²) in [6.07, 6.45) is 0.234. The molecule has 0 aliphatic heterocycles. The Bertz CT molecular complexity index is 658. The van der Waals surface area contributed by atoms with E-state index >= 15 is 0 Å². The molecule has 0 saturated heterocycles. The van der Waals surface area contributed by atoms with E-state index in [1.165, 1.54) is 0 Å². The number of alkyl halides is 1. The maximum absolute atomic E-state index is 11.5. The molecule has 112 valence electrons. The van der Waals surface area contributed by atoms with Gasteiger partial charge >= 0.3 is 5.97 Å². The van der Waals surface area contributed by atoms with Gasteiger partial charge in [-0.25, -0.2) is 0 Å². The molecule has 5 heteroatoms. The highest BCUT2D eigenvalue weighted by molar-refractivity contribution is 9.08. The first-order valence-corrected chi connectivity index (χ1v) is 8.11. The molecule has 0 unspecified atom stereocenters. The van der Waals surface area contributed by atoms with Crippen LogP contribution in [0.2, 0.25) is 0 Å². The fourth-order valence-electron chi connectivity index (χ4n) is 2.03. The summed E-state index contributed by atoms with van der Waals surface area (Å²) in [5.74, 6) is 1.17. The van der Waals surface area contributed by atoms with Gasteiger partial charge in [0.25, 0.3) is 0 Å². The number of ether oxygens (including phenoxy) is 2. The van der Waals surface area contributed by atoms with E-state index in [0.29, 0.717) is 23.1 Å². The van der Waals surface area contributed by atoms with E-state index in [2.05, 4.69) is 15.9 Å². The summed E-state index contributed by atoms with van der Waals surface area (Å²) >= 11 is 3.42. The van der Waals surface area contributed by atoms with Crippen molar-refractivity contribution in [1.29, 1.82) is 0 Å². The Balaban J connectivity index is 2.15. The molecule has 0 N–H and O–H groups in total. The van der Waals surface area contributed by atoms with Crippen molar-refractivity contribution in [3.63, 3.8) is 0 Å². The van der Waals surface area contributed by atoms with E-state index < -0.39 is 0 Å². The van der Waals surface area contributed by atoms with Crippen molar-refractivity contribution < 1.29 is 14.3 Å². The summed E-state index contributed by atoms with van der Waals surface area (Å²) in [6, 6.07) is 12.9. The summed E-state index contributed by atoms with van der Waals surface area (Å²) < 4.78 is 10.9. The van der Waals surface area contributed by atoms with Crippen molar-refractivity contribution in [2.24, 2.45) is 0 Å². The second-order valence-corrected chi connectivity index (χ2v) is 5.29. The Labute approximate surface area is 140 Å². The number of esters is 1. The van der Waals surface area contributed by atoms with E-state index in [1.807, 2.05) is 36.4 Å². The lowest BCUT2D eigenvalue weighted by Crippen LogP contribution is -2.07. The molecule has 0 amide bonds. The van der Waals surface area contributed by atoms with Crippen LogP contribution in [0.25, 0.3) is 0 Å². The SMILES string of the molecule is [B]c1ccc(Oc2cccc(CC(=O)OCC)c2)c(CBr)c1. The minimum atomic E-state index is -0.242. The maximum atomic E-state index is 11.5. The molecule has 0 saturated carbocycles. The molecule has 0 aliphatic rings. The summed E-state index contributed by atoms with van der Waals surface area (Å²) in [7, 11) is 5.78. The molecule has 0 atom stereocenters. The number of halogens is 1. The standard InChI is InChI=1S/C17H16BBrO3/c1-2-21-17(20)9-12-4-3-5-15(8-12)22-16-7-6-14(18)10-13(16)11-19/h3-8,10H,2,9,11H2,1H3. The van der Waals surface area contributed by atoms with Gasteiger partial charge in [0.05, 0.1) is 13.0 Å². The molecule has 22 heavy (non-hydrogen) atoms. The van der Waals surface area contributed by atoms with Crippen molar-refractivity contribution in [2.75, 3.05) is 6.61 Å². The lowest BCUT2D eigenvalue weighted by molar-refractivity contribution is -0.142. The van der Waals surface area contributed by atoms with Crippen LogP contribution in [0, 0.1) is 0 Å². The van der Waals surface area contributed by atoms with Crippen LogP contribution in [-0.4, -0.2) is 20.4 Å². The molecular formula is C17H16BBrO3. The van der Waals surface area contributed by atoms with Gasteiger partial charge in [0.15, 0.2) is 0 Å². The van der Waals surface area contributed by atoms with Crippen LogP contribution in [0.1, 0.15) is 18.1 Å². The Morgan fingerprint density at radius 1 is 1.23 bits per heavy atom. The predicted octanol–water partition coefficient (Wildman–Crippen LogP) is 3.27. The Morgan fingerprint density at radius 2 is 2.05 bits per heavy atom. The third-order valence-corrected chi connectivity index (χ3v) is 3.61. The first-order chi connectivity index (χ1) is 10.6. The van der Waals surface area contributed by atoms with Gasteiger partial charge in [-0.1, -0.05) is 45.7 Å². The van der Waals surface area contributed by atoms with Crippen LogP contribution in [0.4, 0.5) is 0 Å². The maximum Gasteiger partial charge on any atom is 0.310 e. The second-order valence-electron chi connectivity index (χ2n) is 4.73. The van der Waals surface area contributed by atoms with Crippen molar-refractivity contribution in [1.82, 2.24) is 0 Å². The Hall–Kier alpha value is -1.75. The van der Waals surface area contributed by atoms with Gasteiger partial charge < -0.3 is 9.47 Å². The normalized spacial score (nSPS) is 10.3. The van der Waals surface area contributed by atoms with Crippen LogP contribution in [0.3, 0.4) is 0 Å². The van der Waals surface area contributed by atoms with Gasteiger partial charge in [0.1, 0.15) is 19.3 Å². The van der Waals surface area contributed by atoms with E-state index in [-0.39, 0.29) is 12.4 Å². The summed E-state index contributed by atoms with van der Waals surface area (Å²) in [5.41, 5.74) is 2.51. The molecule has 0 aliphatic carbocycles. The predicted molar refractivity (Wildman–Crippen MR) is 91.3 cm³/mol. The number of rotatable bonds is 6. The molecular weight excluding hydrogens is 343 g/mol. The van der Waals surface area contributed by atoms with Gasteiger partial charge in [0.2, 0.25) is 0 Å². The lowest BCUT2D eigenvalue weighted by atomic mass is 9.94. The van der Waals surface area contributed by atoms with Gasteiger partial charge in [0, 0.05) is 10.9 Å². The minimum absolute atomic E-state index is 0.234. The Kier molecular flexibility index (Phi) is 6.07. The van der Waals surface area contributed by atoms with E-state index in [4.69, 9.17) is 17.3 Å². The zero-order chi connectivity index (χ0) is 15.9. The monoisotopic (exact) mass is 358 g/mol. The van der Waals surface area contributed by atoms with E-state index in [1.54, 1.807) is 13.0 Å². The molecule has 0 aromatic heterocycles. The summed E-state index contributed by atoms with van der Waals surface area (Å²) in [5, 5.41) is 0.649. The summed E-state index contributed by atoms with van der Waals surface area (Å²) in [4.78, 5) is 11.5. The average Bonchev–Trinajstić information content (AvgIpc) is 2.49. The quantitative estimate of drug-likeness (QED) is 0.451. The largest absolute Gasteiger partial charge is 0.466 e. The van der Waals surface area contributed by atoms with Crippen LogP contribution in [0.15, 0.2) is 42.5 Å². The zero-order valence-electron chi connectivity index (χ0n) is 12.3. The highest BCUT2D eigenvalue weighted by Gasteiger charge is 2.07. The lowest BCUT2D eigenvalue weighted by Gasteiger charge is -2.11. The molecule has 0 heterocycles. The van der Waals surface area contributed by atoms with Crippen LogP contribution in [-0.2, 0) is 21.3 Å². The van der Waals surface area contributed by atoms with Gasteiger partial charge in [-0.3, -0.25) is 4.79 Å². The smallest absolute Gasteiger partial charge is 0.310 e. The fourth-order valence-corrected chi connectivity index (χ4v) is 2.47. The first-order valence-electron chi connectivity index (χ1n) is 6.99. The van der Waals surface area contributed by atoms with Crippen molar-refractivity contribution in [3.05, 3.63) is 53.6 Å².